The summed E-state index contributed by atoms with van der Waals surface area (Å²) in [6, 6.07) is 30.7. The zero-order valence-electron chi connectivity index (χ0n) is 11.4. The van der Waals surface area contributed by atoms with Crippen LogP contribution < -0.4 is 0 Å². The van der Waals surface area contributed by atoms with Gasteiger partial charge in [0.2, 0.25) is 0 Å². The molecule has 0 bridgehead atoms. The SMILES string of the molecule is [c]1ccc(-c2ccc(CCc3ccccc3)cc2)cc1. The summed E-state index contributed by atoms with van der Waals surface area (Å²) in [7, 11) is 0. The van der Waals surface area contributed by atoms with Gasteiger partial charge in [-0.25, -0.2) is 0 Å². The lowest BCUT2D eigenvalue weighted by Crippen LogP contribution is -1.90. The Morgan fingerprint density at radius 3 is 1.75 bits per heavy atom. The van der Waals surface area contributed by atoms with Crippen molar-refractivity contribution in [1.82, 2.24) is 0 Å². The van der Waals surface area contributed by atoms with Crippen molar-refractivity contribution in [3.8, 4) is 11.1 Å². The van der Waals surface area contributed by atoms with Gasteiger partial charge in [-0.05, 0) is 41.2 Å². The van der Waals surface area contributed by atoms with Gasteiger partial charge in [0.25, 0.3) is 0 Å². The first kappa shape index (κ1) is 12.7. The topological polar surface area (TPSA) is 0 Å². The van der Waals surface area contributed by atoms with Gasteiger partial charge in [-0.2, -0.15) is 0 Å². The molecule has 0 spiro atoms. The Hall–Kier alpha value is -2.34. The van der Waals surface area contributed by atoms with E-state index in [-0.39, 0.29) is 0 Å². The molecule has 0 heterocycles. The van der Waals surface area contributed by atoms with E-state index in [0.29, 0.717) is 0 Å². The molecule has 0 aliphatic rings. The lowest BCUT2D eigenvalue weighted by molar-refractivity contribution is 0.960. The van der Waals surface area contributed by atoms with Crippen molar-refractivity contribution in [2.24, 2.45) is 0 Å². The molecule has 3 rings (SSSR count). The molecule has 0 atom stereocenters. The Morgan fingerprint density at radius 1 is 0.550 bits per heavy atom. The summed E-state index contributed by atoms with van der Waals surface area (Å²) in [5, 5.41) is 0. The Kier molecular flexibility index (Phi) is 3.93. The van der Waals surface area contributed by atoms with Crippen LogP contribution >= 0.6 is 0 Å². The highest BCUT2D eigenvalue weighted by atomic mass is 14.0. The molecule has 0 aromatic heterocycles. The fraction of sp³-hybridized carbons (Fsp3) is 0.100. The van der Waals surface area contributed by atoms with Crippen LogP contribution in [0.5, 0.6) is 0 Å². The molecule has 0 aliphatic heterocycles. The molecule has 0 fully saturated rings. The number of hydrogen-bond donors (Lipinski definition) is 0. The van der Waals surface area contributed by atoms with Crippen molar-refractivity contribution >= 4 is 0 Å². The van der Waals surface area contributed by atoms with Gasteiger partial charge in [0.15, 0.2) is 0 Å². The van der Waals surface area contributed by atoms with E-state index in [9.17, 15) is 0 Å². The van der Waals surface area contributed by atoms with Crippen molar-refractivity contribution < 1.29 is 0 Å². The minimum atomic E-state index is 1.09. The third-order valence-electron chi connectivity index (χ3n) is 3.55. The summed E-state index contributed by atoms with van der Waals surface area (Å²) < 4.78 is 0. The summed E-state index contributed by atoms with van der Waals surface area (Å²) in [6.45, 7) is 0. The predicted molar refractivity (Wildman–Crippen MR) is 84.6 cm³/mol. The van der Waals surface area contributed by atoms with E-state index < -0.39 is 0 Å². The van der Waals surface area contributed by atoms with E-state index in [0.717, 1.165) is 12.8 Å². The van der Waals surface area contributed by atoms with Gasteiger partial charge in [-0.1, -0.05) is 78.9 Å². The fourth-order valence-corrected chi connectivity index (χ4v) is 2.38. The first-order chi connectivity index (χ1) is 9.92. The quantitative estimate of drug-likeness (QED) is 0.621. The molecule has 0 heteroatoms. The van der Waals surface area contributed by atoms with E-state index in [1.165, 1.54) is 22.3 Å². The van der Waals surface area contributed by atoms with Gasteiger partial charge in [0.05, 0.1) is 0 Å². The largest absolute Gasteiger partial charge is 0.0622 e. The van der Waals surface area contributed by atoms with Crippen LogP contribution in [0.25, 0.3) is 11.1 Å². The third kappa shape index (κ3) is 3.16. The average Bonchev–Trinajstić information content (AvgIpc) is 2.55. The molecule has 0 saturated carbocycles. The molecular weight excluding hydrogens is 240 g/mol. The molecule has 1 radical (unpaired) electrons. The summed E-state index contributed by atoms with van der Waals surface area (Å²) >= 11 is 0. The highest BCUT2D eigenvalue weighted by Gasteiger charge is 1.98. The van der Waals surface area contributed by atoms with Crippen molar-refractivity contribution in [2.45, 2.75) is 12.8 Å². The molecule has 3 aromatic rings. The third-order valence-corrected chi connectivity index (χ3v) is 3.55. The molecule has 0 nitrogen and oxygen atoms in total. The lowest BCUT2D eigenvalue weighted by atomic mass is 10.0. The minimum absolute atomic E-state index is 1.09. The maximum Gasteiger partial charge on any atom is -0.0184 e. The molecule has 0 unspecified atom stereocenters. The first-order valence-electron chi connectivity index (χ1n) is 7.01. The van der Waals surface area contributed by atoms with Crippen LogP contribution in [0, 0.1) is 6.07 Å². The van der Waals surface area contributed by atoms with Crippen LogP contribution in [0.3, 0.4) is 0 Å². The van der Waals surface area contributed by atoms with E-state index in [4.69, 9.17) is 0 Å². The van der Waals surface area contributed by atoms with Gasteiger partial charge in [-0.3, -0.25) is 0 Å². The Bertz CT molecular complexity index is 637. The second-order valence-electron chi connectivity index (χ2n) is 4.97. The highest BCUT2D eigenvalue weighted by Crippen LogP contribution is 2.19. The summed E-state index contributed by atoms with van der Waals surface area (Å²) in [4.78, 5) is 0. The molecule has 3 aromatic carbocycles. The maximum absolute atomic E-state index is 3.05. The van der Waals surface area contributed by atoms with Crippen LogP contribution in [0.1, 0.15) is 11.1 Å². The van der Waals surface area contributed by atoms with Crippen molar-refractivity contribution in [3.63, 3.8) is 0 Å². The van der Waals surface area contributed by atoms with Crippen LogP contribution in [-0.4, -0.2) is 0 Å². The Labute approximate surface area is 120 Å². The molecule has 0 amide bonds. The molecule has 0 N–H and O–H groups in total. The Morgan fingerprint density at radius 2 is 1.10 bits per heavy atom. The number of benzene rings is 3. The van der Waals surface area contributed by atoms with E-state index in [2.05, 4.69) is 72.8 Å². The molecule has 97 valence electrons. The van der Waals surface area contributed by atoms with E-state index in [1.54, 1.807) is 0 Å². The van der Waals surface area contributed by atoms with Crippen LogP contribution in [0.2, 0.25) is 0 Å². The first-order valence-corrected chi connectivity index (χ1v) is 7.01. The fourth-order valence-electron chi connectivity index (χ4n) is 2.38. The van der Waals surface area contributed by atoms with Crippen molar-refractivity contribution in [1.29, 1.82) is 0 Å². The van der Waals surface area contributed by atoms with Crippen LogP contribution in [-0.2, 0) is 12.8 Å². The molecule has 20 heavy (non-hydrogen) atoms. The second kappa shape index (κ2) is 6.21. The average molecular weight is 257 g/mol. The second-order valence-corrected chi connectivity index (χ2v) is 4.97. The van der Waals surface area contributed by atoms with Gasteiger partial charge in [0, 0.05) is 0 Å². The summed E-state index contributed by atoms with van der Waals surface area (Å²) in [5.74, 6) is 0. The van der Waals surface area contributed by atoms with Crippen LogP contribution in [0.4, 0.5) is 0 Å². The molecule has 0 saturated heterocycles. The molecular formula is C20H17. The van der Waals surface area contributed by atoms with Gasteiger partial charge in [0.1, 0.15) is 0 Å². The maximum atomic E-state index is 3.05. The highest BCUT2D eigenvalue weighted by molar-refractivity contribution is 5.63. The van der Waals surface area contributed by atoms with Gasteiger partial charge < -0.3 is 0 Å². The number of rotatable bonds is 4. The van der Waals surface area contributed by atoms with Gasteiger partial charge in [-0.15, -0.1) is 0 Å². The van der Waals surface area contributed by atoms with Gasteiger partial charge >= 0.3 is 0 Å². The standard InChI is InChI=1S/C20H17/c1-3-7-17(8-4-1)11-12-18-13-15-20(16-14-18)19-9-5-2-6-10-19/h1,3-10,13-16H,11-12H2. The number of aryl methyl sites for hydroxylation is 2. The lowest BCUT2D eigenvalue weighted by Gasteiger charge is -2.05. The van der Waals surface area contributed by atoms with E-state index in [1.807, 2.05) is 12.1 Å². The number of hydrogen-bond acceptors (Lipinski definition) is 0. The summed E-state index contributed by atoms with van der Waals surface area (Å²) in [6.07, 6.45) is 2.19. The van der Waals surface area contributed by atoms with Crippen molar-refractivity contribution in [2.75, 3.05) is 0 Å². The predicted octanol–water partition coefficient (Wildman–Crippen LogP) is 4.94. The zero-order valence-corrected chi connectivity index (χ0v) is 11.4. The monoisotopic (exact) mass is 257 g/mol. The summed E-state index contributed by atoms with van der Waals surface area (Å²) in [5.41, 5.74) is 5.30. The smallest absolute Gasteiger partial charge is 0.0184 e. The Balaban J connectivity index is 1.68. The van der Waals surface area contributed by atoms with Crippen molar-refractivity contribution in [3.05, 3.63) is 96.1 Å². The zero-order chi connectivity index (χ0) is 13.6. The normalized spacial score (nSPS) is 10.4. The minimum Gasteiger partial charge on any atom is -0.0622 e. The van der Waals surface area contributed by atoms with E-state index >= 15 is 0 Å². The van der Waals surface area contributed by atoms with Crippen LogP contribution in [0.15, 0.2) is 78.9 Å². The molecule has 0 aliphatic carbocycles.